The summed E-state index contributed by atoms with van der Waals surface area (Å²) in [4.78, 5) is 10.7. The molecule has 0 saturated carbocycles. The second-order valence-electron chi connectivity index (χ2n) is 3.69. The van der Waals surface area contributed by atoms with Crippen molar-refractivity contribution in [3.8, 4) is 0 Å². The van der Waals surface area contributed by atoms with Gasteiger partial charge in [0.05, 0.1) is 5.56 Å². The summed E-state index contributed by atoms with van der Waals surface area (Å²) in [5.41, 5.74) is 1.21. The van der Waals surface area contributed by atoms with E-state index in [-0.39, 0.29) is 23.8 Å². The Kier molecular flexibility index (Phi) is 4.80. The van der Waals surface area contributed by atoms with Gasteiger partial charge in [0.2, 0.25) is 0 Å². The number of carbonyl (C=O) groups is 1. The molecule has 0 unspecified atom stereocenters. The molecule has 0 bridgehead atoms. The molecular weight excluding hydrogens is 257 g/mol. The first-order valence-electron chi connectivity index (χ1n) is 5.12. The van der Waals surface area contributed by atoms with Crippen molar-refractivity contribution < 1.29 is 31.3 Å². The van der Waals surface area contributed by atoms with Crippen molar-refractivity contribution in [2.75, 3.05) is 0 Å². The molecule has 1 N–H and O–H groups in total. The summed E-state index contributed by atoms with van der Waals surface area (Å²) >= 11 is 0. The maximum atomic E-state index is 12.7. The Balaban J connectivity index is 0.00000162. The maximum Gasteiger partial charge on any atom is 0.336 e. The Morgan fingerprint density at radius 3 is 2.17 bits per heavy atom. The van der Waals surface area contributed by atoms with Crippen LogP contribution in [0.5, 0.6) is 0 Å². The van der Waals surface area contributed by atoms with Gasteiger partial charge >= 0.3 is 5.97 Å². The summed E-state index contributed by atoms with van der Waals surface area (Å²) in [7, 11) is 0. The van der Waals surface area contributed by atoms with Crippen molar-refractivity contribution in [1.82, 2.24) is 0 Å². The van der Waals surface area contributed by atoms with Crippen LogP contribution in [0, 0.1) is 5.82 Å². The average molecular weight is 268 g/mol. The van der Waals surface area contributed by atoms with E-state index in [9.17, 15) is 9.18 Å². The number of aromatic carboxylic acids is 1. The van der Waals surface area contributed by atoms with Crippen LogP contribution < -0.4 is 17.0 Å². The van der Waals surface area contributed by atoms with Crippen LogP contribution in [0.3, 0.4) is 0 Å². The number of hydrogen-bond donors (Lipinski definition) is 1. The molecule has 0 saturated heterocycles. The first kappa shape index (κ1) is 14.1. The number of hydrogen-bond acceptors (Lipinski definition) is 1. The van der Waals surface area contributed by atoms with Crippen LogP contribution >= 0.6 is 0 Å². The van der Waals surface area contributed by atoms with E-state index in [0.29, 0.717) is 6.54 Å². The Labute approximate surface area is 110 Å². The normalized spacial score (nSPS) is 9.61. The van der Waals surface area contributed by atoms with E-state index >= 15 is 0 Å². The van der Waals surface area contributed by atoms with Crippen molar-refractivity contribution in [3.05, 3.63) is 65.7 Å². The molecular formula is C13H11ClFNO2. The van der Waals surface area contributed by atoms with E-state index in [1.54, 1.807) is 24.5 Å². The van der Waals surface area contributed by atoms with Crippen LogP contribution in [0.4, 0.5) is 4.39 Å². The standard InChI is InChI=1S/C13H10FNO2.ClH/c14-12-3-1-10(2-4-12)9-15-7-5-11(6-8-15)13(16)17;/h1-8H,9H2;1H. The SMILES string of the molecule is O=C(O)c1cc[n+](Cc2ccc(F)cc2)cc1.[Cl-]. The molecule has 1 aromatic carbocycles. The molecule has 0 spiro atoms. The zero-order valence-electron chi connectivity index (χ0n) is 9.38. The number of aromatic nitrogens is 1. The first-order valence-corrected chi connectivity index (χ1v) is 5.12. The number of benzene rings is 1. The van der Waals surface area contributed by atoms with Crippen molar-refractivity contribution in [2.45, 2.75) is 6.54 Å². The molecule has 0 aliphatic rings. The van der Waals surface area contributed by atoms with Gasteiger partial charge in [0.15, 0.2) is 18.9 Å². The fraction of sp³-hybridized carbons (Fsp3) is 0.0769. The number of pyridine rings is 1. The van der Waals surface area contributed by atoms with E-state index in [1.165, 1.54) is 24.3 Å². The number of carboxylic acid groups (broad SMARTS) is 1. The molecule has 3 nitrogen and oxygen atoms in total. The third-order valence-corrected chi connectivity index (χ3v) is 2.42. The molecule has 0 aliphatic carbocycles. The van der Waals surface area contributed by atoms with Crippen LogP contribution in [-0.2, 0) is 6.54 Å². The smallest absolute Gasteiger partial charge is 0.336 e. The van der Waals surface area contributed by atoms with Crippen LogP contribution in [0.2, 0.25) is 0 Å². The molecule has 2 rings (SSSR count). The molecule has 1 heterocycles. The molecule has 0 aliphatic heterocycles. The van der Waals surface area contributed by atoms with E-state index in [2.05, 4.69) is 0 Å². The molecule has 0 atom stereocenters. The second kappa shape index (κ2) is 6.12. The monoisotopic (exact) mass is 267 g/mol. The molecule has 94 valence electrons. The molecule has 0 radical (unpaired) electrons. The Morgan fingerprint density at radius 2 is 1.67 bits per heavy atom. The van der Waals surface area contributed by atoms with Crippen molar-refractivity contribution in [3.63, 3.8) is 0 Å². The fourth-order valence-electron chi connectivity index (χ4n) is 1.51. The highest BCUT2D eigenvalue weighted by molar-refractivity contribution is 5.87. The largest absolute Gasteiger partial charge is 1.00 e. The first-order chi connectivity index (χ1) is 8.15. The number of rotatable bonds is 3. The van der Waals surface area contributed by atoms with Crippen LogP contribution in [-0.4, -0.2) is 11.1 Å². The van der Waals surface area contributed by atoms with Gasteiger partial charge in [-0.1, -0.05) is 0 Å². The van der Waals surface area contributed by atoms with Gasteiger partial charge < -0.3 is 17.5 Å². The highest BCUT2D eigenvalue weighted by Crippen LogP contribution is 2.02. The van der Waals surface area contributed by atoms with E-state index in [4.69, 9.17) is 5.11 Å². The summed E-state index contributed by atoms with van der Waals surface area (Å²) in [5.74, 6) is -1.21. The second-order valence-corrected chi connectivity index (χ2v) is 3.69. The predicted octanol–water partition coefficient (Wildman–Crippen LogP) is -1.14. The lowest BCUT2D eigenvalue weighted by Crippen LogP contribution is -3.00. The zero-order chi connectivity index (χ0) is 12.3. The van der Waals surface area contributed by atoms with Crippen molar-refractivity contribution >= 4 is 5.97 Å². The lowest BCUT2D eigenvalue weighted by atomic mass is 10.2. The van der Waals surface area contributed by atoms with Gasteiger partial charge in [0.1, 0.15) is 5.82 Å². The van der Waals surface area contributed by atoms with Crippen LogP contribution in [0.25, 0.3) is 0 Å². The topological polar surface area (TPSA) is 41.2 Å². The minimum absolute atomic E-state index is 0. The molecule has 0 fully saturated rings. The van der Waals surface area contributed by atoms with Gasteiger partial charge in [-0.15, -0.1) is 0 Å². The molecule has 0 amide bonds. The van der Waals surface area contributed by atoms with Crippen LogP contribution in [0.15, 0.2) is 48.8 Å². The summed E-state index contributed by atoms with van der Waals surface area (Å²) in [5, 5.41) is 8.75. The molecule has 1 aromatic heterocycles. The van der Waals surface area contributed by atoms with Gasteiger partial charge in [0.25, 0.3) is 0 Å². The van der Waals surface area contributed by atoms with E-state index < -0.39 is 5.97 Å². The third-order valence-electron chi connectivity index (χ3n) is 2.42. The summed E-state index contributed by atoms with van der Waals surface area (Å²) < 4.78 is 14.5. The molecule has 18 heavy (non-hydrogen) atoms. The van der Waals surface area contributed by atoms with Crippen molar-refractivity contribution in [2.24, 2.45) is 0 Å². The lowest BCUT2D eigenvalue weighted by Gasteiger charge is -1.98. The van der Waals surface area contributed by atoms with Gasteiger partial charge in [0, 0.05) is 17.7 Å². The quantitative estimate of drug-likeness (QED) is 0.715. The fourth-order valence-corrected chi connectivity index (χ4v) is 1.51. The minimum Gasteiger partial charge on any atom is -1.00 e. The van der Waals surface area contributed by atoms with Gasteiger partial charge in [-0.25, -0.2) is 13.8 Å². The highest BCUT2D eigenvalue weighted by atomic mass is 35.5. The number of carboxylic acids is 1. The van der Waals surface area contributed by atoms with Crippen LogP contribution in [0.1, 0.15) is 15.9 Å². The van der Waals surface area contributed by atoms with Gasteiger partial charge in [-0.05, 0) is 24.3 Å². The highest BCUT2D eigenvalue weighted by Gasteiger charge is 2.06. The summed E-state index contributed by atoms with van der Waals surface area (Å²) in [6.45, 7) is 0.584. The van der Waals surface area contributed by atoms with E-state index in [1.807, 2.05) is 4.57 Å². The summed E-state index contributed by atoms with van der Waals surface area (Å²) in [6.07, 6.45) is 3.37. The minimum atomic E-state index is -0.945. The zero-order valence-corrected chi connectivity index (χ0v) is 10.1. The van der Waals surface area contributed by atoms with Crippen molar-refractivity contribution in [1.29, 1.82) is 0 Å². The van der Waals surface area contributed by atoms with Gasteiger partial charge in [-0.3, -0.25) is 0 Å². The number of halogens is 2. The Bertz CT molecular complexity index is 526. The van der Waals surface area contributed by atoms with Gasteiger partial charge in [-0.2, -0.15) is 0 Å². The maximum absolute atomic E-state index is 12.7. The lowest BCUT2D eigenvalue weighted by molar-refractivity contribution is -0.688. The number of nitrogens with zero attached hydrogens (tertiary/aromatic N) is 1. The third kappa shape index (κ3) is 3.53. The van der Waals surface area contributed by atoms with E-state index in [0.717, 1.165) is 5.56 Å². The Morgan fingerprint density at radius 1 is 1.11 bits per heavy atom. The average Bonchev–Trinajstić information content (AvgIpc) is 2.33. The summed E-state index contributed by atoms with van der Waals surface area (Å²) in [6, 6.07) is 9.28. The molecule has 2 aromatic rings. The molecule has 5 heteroatoms. The predicted molar refractivity (Wildman–Crippen MR) is 59.1 cm³/mol. The Hall–Kier alpha value is -1.94.